The number of thioether (sulfide) groups is 1. The van der Waals surface area contributed by atoms with Crippen molar-refractivity contribution >= 4 is 27.7 Å². The van der Waals surface area contributed by atoms with E-state index in [1.807, 2.05) is 0 Å². The molecule has 1 aromatic carbocycles. The molecule has 28 heavy (non-hydrogen) atoms. The number of nitrogens with zero attached hydrogens (tertiary/aromatic N) is 1. The van der Waals surface area contributed by atoms with Crippen molar-refractivity contribution in [2.45, 2.75) is 48.4 Å². The molecule has 0 aromatic heterocycles. The van der Waals surface area contributed by atoms with Gasteiger partial charge in [-0.2, -0.15) is 4.31 Å². The van der Waals surface area contributed by atoms with E-state index >= 15 is 0 Å². The zero-order valence-electron chi connectivity index (χ0n) is 15.6. The van der Waals surface area contributed by atoms with Crippen LogP contribution >= 0.6 is 11.8 Å². The molecule has 152 valence electrons. The molecule has 1 N–H and O–H groups in total. The first-order valence-corrected chi connectivity index (χ1v) is 12.6. The van der Waals surface area contributed by atoms with E-state index in [0.717, 1.165) is 17.9 Å². The molecule has 6 rings (SSSR count). The Balaban J connectivity index is 1.34. The molecule has 0 radical (unpaired) electrons. The monoisotopic (exact) mass is 424 g/mol. The Morgan fingerprint density at radius 3 is 2.36 bits per heavy atom. The topological polar surface area (TPSA) is 66.5 Å². The minimum atomic E-state index is -4.05. The van der Waals surface area contributed by atoms with Gasteiger partial charge in [-0.1, -0.05) is 12.1 Å². The maximum Gasteiger partial charge on any atom is 0.248 e. The van der Waals surface area contributed by atoms with Crippen LogP contribution < -0.4 is 5.32 Å². The summed E-state index contributed by atoms with van der Waals surface area (Å²) in [5.41, 5.74) is 0. The molecule has 4 bridgehead atoms. The van der Waals surface area contributed by atoms with Gasteiger partial charge in [-0.3, -0.25) is 4.79 Å². The summed E-state index contributed by atoms with van der Waals surface area (Å²) < 4.78 is 41.3. The molecular weight excluding hydrogens is 399 g/mol. The molecule has 1 saturated heterocycles. The highest BCUT2D eigenvalue weighted by Gasteiger charge is 2.50. The average molecular weight is 425 g/mol. The van der Waals surface area contributed by atoms with Crippen LogP contribution in [0.25, 0.3) is 0 Å². The molecule has 5 fully saturated rings. The Bertz CT molecular complexity index is 863. The third-order valence-electron chi connectivity index (χ3n) is 7.03. The summed E-state index contributed by atoms with van der Waals surface area (Å²) in [6.45, 7) is 0.223. The van der Waals surface area contributed by atoms with Crippen LogP contribution in [0.3, 0.4) is 0 Å². The SMILES string of the molecule is O=C(NC1C2CC3CC(C2)CC1C3)C1SCCN1S(=O)(=O)c1ccccc1F. The number of halogens is 1. The number of hydrogen-bond donors (Lipinski definition) is 1. The van der Waals surface area contributed by atoms with Gasteiger partial charge in [-0.25, -0.2) is 12.8 Å². The average Bonchev–Trinajstić information content (AvgIpc) is 3.15. The lowest BCUT2D eigenvalue weighted by Gasteiger charge is -2.54. The first-order valence-electron chi connectivity index (χ1n) is 10.1. The quantitative estimate of drug-likeness (QED) is 0.807. The van der Waals surface area contributed by atoms with Crippen molar-refractivity contribution in [1.29, 1.82) is 0 Å². The van der Waals surface area contributed by atoms with E-state index in [2.05, 4.69) is 5.32 Å². The number of nitrogens with one attached hydrogen (secondary N) is 1. The van der Waals surface area contributed by atoms with Crippen LogP contribution in [0.1, 0.15) is 32.1 Å². The first kappa shape index (κ1) is 18.9. The molecule has 0 spiro atoms. The van der Waals surface area contributed by atoms with Crippen molar-refractivity contribution in [2.75, 3.05) is 12.3 Å². The van der Waals surface area contributed by atoms with Crippen LogP contribution in [-0.4, -0.2) is 42.3 Å². The third-order valence-corrected chi connectivity index (χ3v) is 10.3. The minimum Gasteiger partial charge on any atom is -0.351 e. The highest BCUT2D eigenvalue weighted by atomic mass is 32.2. The second-order valence-corrected chi connectivity index (χ2v) is 11.8. The Morgan fingerprint density at radius 1 is 1.07 bits per heavy atom. The van der Waals surface area contributed by atoms with Gasteiger partial charge in [0.1, 0.15) is 16.1 Å². The summed E-state index contributed by atoms with van der Waals surface area (Å²) in [4.78, 5) is 12.7. The molecule has 1 aliphatic heterocycles. The van der Waals surface area contributed by atoms with E-state index in [0.29, 0.717) is 17.6 Å². The Kier molecular flexibility index (Phi) is 4.71. The van der Waals surface area contributed by atoms with Crippen LogP contribution in [0.5, 0.6) is 0 Å². The molecule has 4 aliphatic carbocycles. The molecule has 5 aliphatic rings. The van der Waals surface area contributed by atoms with Crippen molar-refractivity contribution in [3.05, 3.63) is 30.1 Å². The van der Waals surface area contributed by atoms with Crippen molar-refractivity contribution in [3.8, 4) is 0 Å². The molecule has 1 unspecified atom stereocenters. The number of amides is 1. The third kappa shape index (κ3) is 3.08. The second kappa shape index (κ2) is 6.99. The van der Waals surface area contributed by atoms with E-state index < -0.39 is 21.2 Å². The van der Waals surface area contributed by atoms with Gasteiger partial charge in [0.25, 0.3) is 0 Å². The first-order chi connectivity index (χ1) is 13.4. The van der Waals surface area contributed by atoms with Gasteiger partial charge in [-0.05, 0) is 67.9 Å². The fourth-order valence-electron chi connectivity index (χ4n) is 6.08. The zero-order valence-corrected chi connectivity index (χ0v) is 17.2. The molecule has 8 heteroatoms. The lowest BCUT2D eigenvalue weighted by atomic mass is 9.54. The van der Waals surface area contributed by atoms with Gasteiger partial charge >= 0.3 is 0 Å². The zero-order chi connectivity index (χ0) is 19.5. The van der Waals surface area contributed by atoms with Gasteiger partial charge in [-0.15, -0.1) is 11.8 Å². The van der Waals surface area contributed by atoms with Crippen molar-refractivity contribution in [1.82, 2.24) is 9.62 Å². The van der Waals surface area contributed by atoms with Crippen molar-refractivity contribution in [3.63, 3.8) is 0 Å². The van der Waals surface area contributed by atoms with Gasteiger partial charge in [0.05, 0.1) is 0 Å². The maximum atomic E-state index is 14.1. The second-order valence-electron chi connectivity index (χ2n) is 8.73. The van der Waals surface area contributed by atoms with Crippen LogP contribution in [0.15, 0.2) is 29.2 Å². The summed E-state index contributed by atoms with van der Waals surface area (Å²) in [6, 6.07) is 5.53. The predicted molar refractivity (Wildman–Crippen MR) is 106 cm³/mol. The summed E-state index contributed by atoms with van der Waals surface area (Å²) in [7, 11) is -4.05. The number of benzene rings is 1. The number of carbonyl (C=O) groups is 1. The Labute approximate surface area is 169 Å². The summed E-state index contributed by atoms with van der Waals surface area (Å²) in [6.07, 6.45) is 6.10. The Morgan fingerprint density at radius 2 is 1.71 bits per heavy atom. The van der Waals surface area contributed by atoms with Gasteiger partial charge in [0, 0.05) is 18.3 Å². The largest absolute Gasteiger partial charge is 0.351 e. The van der Waals surface area contributed by atoms with Crippen LogP contribution in [0, 0.1) is 29.5 Å². The van der Waals surface area contributed by atoms with E-state index in [1.165, 1.54) is 66.4 Å². The smallest absolute Gasteiger partial charge is 0.248 e. The molecular formula is C20H25FN2O3S2. The van der Waals surface area contributed by atoms with E-state index in [1.54, 1.807) is 0 Å². The molecule has 5 nitrogen and oxygen atoms in total. The number of hydrogen-bond acceptors (Lipinski definition) is 4. The van der Waals surface area contributed by atoms with Gasteiger partial charge in [0.15, 0.2) is 0 Å². The molecule has 1 aromatic rings. The van der Waals surface area contributed by atoms with Crippen LogP contribution in [-0.2, 0) is 14.8 Å². The lowest BCUT2D eigenvalue weighted by Crippen LogP contribution is -2.58. The predicted octanol–water partition coefficient (Wildman–Crippen LogP) is 2.83. The summed E-state index contributed by atoms with van der Waals surface area (Å²) in [5.74, 6) is 2.21. The highest BCUT2D eigenvalue weighted by Crippen LogP contribution is 2.53. The molecule has 1 heterocycles. The fourth-order valence-corrected chi connectivity index (χ4v) is 9.24. The lowest BCUT2D eigenvalue weighted by molar-refractivity contribution is -0.126. The maximum absolute atomic E-state index is 14.1. The van der Waals surface area contributed by atoms with E-state index in [9.17, 15) is 17.6 Å². The highest BCUT2D eigenvalue weighted by molar-refractivity contribution is 8.02. The molecule has 1 atom stereocenters. The minimum absolute atomic E-state index is 0.166. The van der Waals surface area contributed by atoms with Crippen LogP contribution in [0.2, 0.25) is 0 Å². The van der Waals surface area contributed by atoms with Gasteiger partial charge in [0.2, 0.25) is 15.9 Å². The number of sulfonamides is 1. The number of carbonyl (C=O) groups excluding carboxylic acids is 1. The number of rotatable bonds is 4. The molecule has 1 amide bonds. The summed E-state index contributed by atoms with van der Waals surface area (Å²) >= 11 is 1.32. The van der Waals surface area contributed by atoms with Crippen LogP contribution in [0.4, 0.5) is 4.39 Å². The standard InChI is InChI=1S/C20H25FN2O3S2/c21-16-3-1-2-4-17(16)28(25,26)23-5-6-27-20(23)19(24)22-18-14-8-12-7-13(10-14)11-15(18)9-12/h1-4,12-15,18,20H,5-11H2,(H,22,24). The van der Waals surface area contributed by atoms with E-state index in [4.69, 9.17) is 0 Å². The van der Waals surface area contributed by atoms with Gasteiger partial charge < -0.3 is 5.32 Å². The normalized spacial score (nSPS) is 37.3. The Hall–Kier alpha value is -1.12. The fraction of sp³-hybridized carbons (Fsp3) is 0.650. The van der Waals surface area contributed by atoms with Crippen molar-refractivity contribution < 1.29 is 17.6 Å². The van der Waals surface area contributed by atoms with Crippen molar-refractivity contribution in [2.24, 2.45) is 23.7 Å². The molecule has 4 saturated carbocycles. The summed E-state index contributed by atoms with van der Waals surface area (Å²) in [5, 5.41) is 2.39. The van der Waals surface area contributed by atoms with E-state index in [-0.39, 0.29) is 23.4 Å².